The van der Waals surface area contributed by atoms with Gasteiger partial charge in [0.15, 0.2) is 5.13 Å². The van der Waals surface area contributed by atoms with Gasteiger partial charge in [-0.05, 0) is 42.7 Å². The van der Waals surface area contributed by atoms with Gasteiger partial charge in [0.2, 0.25) is 0 Å². The Morgan fingerprint density at radius 1 is 1.15 bits per heavy atom. The molecule has 0 saturated heterocycles. The van der Waals surface area contributed by atoms with Crippen LogP contribution in [-0.4, -0.2) is 41.7 Å². The summed E-state index contributed by atoms with van der Waals surface area (Å²) in [5, 5.41) is 14.8. The molecule has 0 aliphatic rings. The van der Waals surface area contributed by atoms with Gasteiger partial charge in [-0.1, -0.05) is 38.1 Å². The second kappa shape index (κ2) is 11.0. The number of anilines is 1. The number of carbonyl (C=O) groups excluding carboxylic acids is 1. The minimum absolute atomic E-state index is 0.206. The molecule has 0 radical (unpaired) electrons. The van der Waals surface area contributed by atoms with Gasteiger partial charge in [0.25, 0.3) is 5.91 Å². The van der Waals surface area contributed by atoms with Gasteiger partial charge in [-0.3, -0.25) is 4.79 Å². The van der Waals surface area contributed by atoms with Gasteiger partial charge in [-0.15, -0.1) is 11.3 Å². The van der Waals surface area contributed by atoms with E-state index >= 15 is 0 Å². The summed E-state index contributed by atoms with van der Waals surface area (Å²) in [6.45, 7) is 7.01. The average molecular weight is 468 g/mol. The molecule has 8 heteroatoms. The number of aromatic nitrogens is 1. The van der Waals surface area contributed by atoms with E-state index in [9.17, 15) is 14.7 Å². The molecule has 1 atom stereocenters. The van der Waals surface area contributed by atoms with Gasteiger partial charge in [0.05, 0.1) is 12.8 Å². The molecule has 1 amide bonds. The Bertz CT molecular complexity index is 1100. The van der Waals surface area contributed by atoms with E-state index in [0.717, 1.165) is 34.2 Å². The smallest absolute Gasteiger partial charge is 0.326 e. The number of rotatable bonds is 10. The molecule has 33 heavy (non-hydrogen) atoms. The van der Waals surface area contributed by atoms with Crippen LogP contribution in [0.4, 0.5) is 5.13 Å². The van der Waals surface area contributed by atoms with Gasteiger partial charge >= 0.3 is 5.97 Å². The third-order valence-corrected chi connectivity index (χ3v) is 6.24. The maximum absolute atomic E-state index is 12.5. The van der Waals surface area contributed by atoms with Gasteiger partial charge in [-0.2, -0.15) is 0 Å². The fraction of sp³-hybridized carbons (Fsp3) is 0.320. The summed E-state index contributed by atoms with van der Waals surface area (Å²) in [7, 11) is 1.65. The van der Waals surface area contributed by atoms with Gasteiger partial charge in [0, 0.05) is 29.6 Å². The molecular formula is C25H29N3O4S. The van der Waals surface area contributed by atoms with Crippen molar-refractivity contribution in [3.63, 3.8) is 0 Å². The van der Waals surface area contributed by atoms with Crippen molar-refractivity contribution in [2.45, 2.75) is 33.4 Å². The molecule has 0 spiro atoms. The molecule has 0 fully saturated rings. The zero-order chi connectivity index (χ0) is 24.0. The molecule has 0 aliphatic carbocycles. The van der Waals surface area contributed by atoms with Crippen molar-refractivity contribution in [2.75, 3.05) is 18.6 Å². The number of nitrogens with zero attached hydrogens (tertiary/aromatic N) is 2. The highest BCUT2D eigenvalue weighted by Gasteiger charge is 2.24. The second-order valence-corrected chi connectivity index (χ2v) is 8.80. The topological polar surface area (TPSA) is 91.8 Å². The summed E-state index contributed by atoms with van der Waals surface area (Å²) in [5.41, 5.74) is 3.29. The molecule has 3 aromatic rings. The third-order valence-electron chi connectivity index (χ3n) is 5.34. The Labute approximate surface area is 198 Å². The van der Waals surface area contributed by atoms with Gasteiger partial charge < -0.3 is 20.1 Å². The number of ether oxygens (including phenoxy) is 1. The molecule has 174 valence electrons. The molecule has 0 bridgehead atoms. The lowest BCUT2D eigenvalue weighted by Crippen LogP contribution is -2.44. The number of benzene rings is 2. The highest BCUT2D eigenvalue weighted by atomic mass is 32.1. The summed E-state index contributed by atoms with van der Waals surface area (Å²) in [5.74, 6) is -0.849. The van der Waals surface area contributed by atoms with Crippen LogP contribution >= 0.6 is 11.3 Å². The number of thiazole rings is 1. The number of amides is 1. The van der Waals surface area contributed by atoms with E-state index in [1.807, 2.05) is 41.8 Å². The molecule has 0 saturated carbocycles. The van der Waals surface area contributed by atoms with E-state index in [4.69, 9.17) is 9.72 Å². The maximum atomic E-state index is 12.5. The first-order valence-corrected chi connectivity index (χ1v) is 11.7. The highest BCUT2D eigenvalue weighted by molar-refractivity contribution is 7.14. The van der Waals surface area contributed by atoms with Crippen LogP contribution in [0, 0.1) is 5.92 Å². The molecule has 3 rings (SSSR count). The SMILES string of the molecule is CCN(Cc1ccc(C(=O)NC(C(=O)O)C(C)C)cc1)c1nc(-c2ccccc2OC)cs1. The van der Waals surface area contributed by atoms with Crippen molar-refractivity contribution in [1.82, 2.24) is 10.3 Å². The summed E-state index contributed by atoms with van der Waals surface area (Å²) >= 11 is 1.58. The summed E-state index contributed by atoms with van der Waals surface area (Å²) < 4.78 is 5.46. The molecule has 7 nitrogen and oxygen atoms in total. The number of carbonyl (C=O) groups is 2. The number of carboxylic acids is 1. The number of hydrogen-bond donors (Lipinski definition) is 2. The van der Waals surface area contributed by atoms with Crippen LogP contribution in [-0.2, 0) is 11.3 Å². The van der Waals surface area contributed by atoms with E-state index in [0.29, 0.717) is 12.1 Å². The Balaban J connectivity index is 1.71. The highest BCUT2D eigenvalue weighted by Crippen LogP contribution is 2.33. The van der Waals surface area contributed by atoms with E-state index in [2.05, 4.69) is 17.1 Å². The largest absolute Gasteiger partial charge is 0.496 e. The Kier molecular flexibility index (Phi) is 8.06. The second-order valence-electron chi connectivity index (χ2n) is 7.96. The summed E-state index contributed by atoms with van der Waals surface area (Å²) in [6.07, 6.45) is 0. The predicted octanol–water partition coefficient (Wildman–Crippen LogP) is 4.68. The summed E-state index contributed by atoms with van der Waals surface area (Å²) in [6, 6.07) is 14.1. The zero-order valence-corrected chi connectivity index (χ0v) is 20.1. The third kappa shape index (κ3) is 5.90. The number of nitrogens with one attached hydrogen (secondary N) is 1. The Morgan fingerprint density at radius 3 is 2.45 bits per heavy atom. The standard InChI is InChI=1S/C25H29N3O4S/c1-5-28(25-26-20(15-33-25)19-8-6-7-9-21(19)32-4)14-17-10-12-18(13-11-17)23(29)27-22(16(2)3)24(30)31/h6-13,15-16,22H,5,14H2,1-4H3,(H,27,29)(H,30,31). The van der Waals surface area contributed by atoms with E-state index in [1.54, 1.807) is 44.4 Å². The van der Waals surface area contributed by atoms with Gasteiger partial charge in [-0.25, -0.2) is 9.78 Å². The average Bonchev–Trinajstić information content (AvgIpc) is 3.30. The number of hydrogen-bond acceptors (Lipinski definition) is 6. The van der Waals surface area contributed by atoms with Crippen molar-refractivity contribution in [2.24, 2.45) is 5.92 Å². The maximum Gasteiger partial charge on any atom is 0.326 e. The van der Waals surface area contributed by atoms with Crippen LogP contribution in [0.15, 0.2) is 53.9 Å². The van der Waals surface area contributed by atoms with Crippen molar-refractivity contribution in [3.05, 3.63) is 65.0 Å². The Hall–Kier alpha value is -3.39. The molecular weight excluding hydrogens is 438 g/mol. The fourth-order valence-corrected chi connectivity index (χ4v) is 4.31. The lowest BCUT2D eigenvalue weighted by Gasteiger charge is -2.20. The van der Waals surface area contributed by atoms with Gasteiger partial charge in [0.1, 0.15) is 11.8 Å². The molecule has 1 aromatic heterocycles. The van der Waals surface area contributed by atoms with Crippen LogP contribution in [0.25, 0.3) is 11.3 Å². The van der Waals surface area contributed by atoms with Crippen LogP contribution in [0.5, 0.6) is 5.75 Å². The van der Waals surface area contributed by atoms with Crippen LogP contribution in [0.1, 0.15) is 36.7 Å². The molecule has 2 aromatic carbocycles. The fourth-order valence-electron chi connectivity index (χ4n) is 3.42. The first-order chi connectivity index (χ1) is 15.8. The molecule has 1 unspecified atom stereocenters. The van der Waals surface area contributed by atoms with Crippen LogP contribution < -0.4 is 15.0 Å². The van der Waals surface area contributed by atoms with Crippen molar-refractivity contribution in [1.29, 1.82) is 0 Å². The minimum Gasteiger partial charge on any atom is -0.496 e. The number of carboxylic acid groups (broad SMARTS) is 1. The van der Waals surface area contributed by atoms with Crippen molar-refractivity contribution >= 4 is 28.3 Å². The first-order valence-electron chi connectivity index (χ1n) is 10.8. The molecule has 1 heterocycles. The monoisotopic (exact) mass is 467 g/mol. The zero-order valence-electron chi connectivity index (χ0n) is 19.2. The normalized spacial score (nSPS) is 11.8. The van der Waals surface area contributed by atoms with Crippen molar-refractivity contribution in [3.8, 4) is 17.0 Å². The van der Waals surface area contributed by atoms with Crippen LogP contribution in [0.2, 0.25) is 0 Å². The first kappa shape index (κ1) is 24.3. The number of para-hydroxylation sites is 1. The van der Waals surface area contributed by atoms with E-state index in [1.165, 1.54) is 0 Å². The van der Waals surface area contributed by atoms with Crippen LogP contribution in [0.3, 0.4) is 0 Å². The Morgan fingerprint density at radius 2 is 1.85 bits per heavy atom. The predicted molar refractivity (Wildman–Crippen MR) is 131 cm³/mol. The van der Waals surface area contributed by atoms with Crippen molar-refractivity contribution < 1.29 is 19.4 Å². The molecule has 2 N–H and O–H groups in total. The lowest BCUT2D eigenvalue weighted by molar-refractivity contribution is -0.140. The summed E-state index contributed by atoms with van der Waals surface area (Å²) in [4.78, 5) is 30.8. The number of methoxy groups -OCH3 is 1. The quantitative estimate of drug-likeness (QED) is 0.450. The van der Waals surface area contributed by atoms with E-state index in [-0.39, 0.29) is 5.92 Å². The number of aliphatic carboxylic acids is 1. The minimum atomic E-state index is -1.04. The van der Waals surface area contributed by atoms with E-state index < -0.39 is 17.9 Å². The lowest BCUT2D eigenvalue weighted by atomic mass is 10.0. The molecule has 0 aliphatic heterocycles.